The van der Waals surface area contributed by atoms with Crippen molar-refractivity contribution in [3.8, 4) is 19.8 Å². The summed E-state index contributed by atoms with van der Waals surface area (Å²) in [6.07, 6.45) is -0.281. The number of nitrogens with one attached hydrogen (secondary N) is 4. The molecule has 0 aliphatic heterocycles. The Labute approximate surface area is 425 Å². The third-order valence-corrected chi connectivity index (χ3v) is 15.0. The molecule has 0 aliphatic carbocycles. The fourth-order valence-electron chi connectivity index (χ4n) is 7.54. The number of methoxy groups -OCH3 is 2. The van der Waals surface area contributed by atoms with Crippen LogP contribution in [-0.2, 0) is 44.7 Å². The first-order chi connectivity index (χ1) is 34.6. The zero-order chi connectivity index (χ0) is 49.5. The van der Waals surface area contributed by atoms with E-state index < -0.39 is 48.2 Å². The van der Waals surface area contributed by atoms with E-state index in [0.29, 0.717) is 34.8 Å². The van der Waals surface area contributed by atoms with Crippen molar-refractivity contribution in [3.63, 3.8) is 0 Å². The number of thiophene rings is 2. The number of amides is 4. The van der Waals surface area contributed by atoms with Gasteiger partial charge in [-0.3, -0.25) is 9.59 Å². The lowest BCUT2D eigenvalue weighted by atomic mass is 10.0. The number of azo groups is 1. The van der Waals surface area contributed by atoms with E-state index in [-0.39, 0.29) is 18.5 Å². The van der Waals surface area contributed by atoms with Crippen LogP contribution in [0.2, 0.25) is 0 Å². The van der Waals surface area contributed by atoms with Crippen molar-refractivity contribution in [2.75, 3.05) is 14.2 Å². The summed E-state index contributed by atoms with van der Waals surface area (Å²) in [6.45, 7) is 0. The maximum Gasteiger partial charge on any atom is 0.407 e. The Hall–Kier alpha value is -7.58. The van der Waals surface area contributed by atoms with Crippen molar-refractivity contribution in [2.24, 2.45) is 5.11 Å². The Bertz CT molecular complexity index is 3020. The number of benzene rings is 4. The molecule has 0 bridgehead atoms. The van der Waals surface area contributed by atoms with E-state index in [2.05, 4.69) is 26.4 Å². The molecule has 8 aromatic rings. The molecule has 15 nitrogen and oxygen atoms in total. The van der Waals surface area contributed by atoms with Gasteiger partial charge in [-0.2, -0.15) is 0 Å². The van der Waals surface area contributed by atoms with Crippen LogP contribution in [0.4, 0.5) is 21.0 Å². The molecule has 362 valence electrons. The first-order valence-electron chi connectivity index (χ1n) is 22.3. The molecule has 0 unspecified atom stereocenters. The van der Waals surface area contributed by atoms with E-state index in [9.17, 15) is 24.4 Å². The molecule has 19 heteroatoms. The van der Waals surface area contributed by atoms with E-state index in [1.165, 1.54) is 36.9 Å². The Kier molecular flexibility index (Phi) is 17.1. The second-order valence-corrected chi connectivity index (χ2v) is 19.7. The zero-order valence-electron chi connectivity index (χ0n) is 38.4. The molecule has 0 spiro atoms. The molecule has 4 heterocycles. The molecule has 4 atom stereocenters. The molecule has 71 heavy (non-hydrogen) atoms. The minimum absolute atomic E-state index is 0.238. The number of carbonyl (C=O) groups excluding carboxylic acids is 4. The van der Waals surface area contributed by atoms with Gasteiger partial charge in [0.25, 0.3) is 0 Å². The van der Waals surface area contributed by atoms with Crippen LogP contribution in [0, 0.1) is 5.21 Å². The molecular weight excluding hydrogens is 977 g/mol. The monoisotopic (exact) mass is 1020 g/mol. The summed E-state index contributed by atoms with van der Waals surface area (Å²) in [5.41, 5.74) is 5.40. The van der Waals surface area contributed by atoms with Crippen LogP contribution >= 0.6 is 45.3 Å². The third-order valence-electron chi connectivity index (χ3n) is 11.2. The van der Waals surface area contributed by atoms with Gasteiger partial charge in [0.1, 0.15) is 27.8 Å². The van der Waals surface area contributed by atoms with E-state index in [1.807, 2.05) is 119 Å². The molecule has 0 saturated heterocycles. The molecular formula is C52H48N8O7S4. The van der Waals surface area contributed by atoms with Gasteiger partial charge in [-0.05, 0) is 70.1 Å². The summed E-state index contributed by atoms with van der Waals surface area (Å²) in [5, 5.41) is 38.9. The topological polar surface area (TPSA) is 199 Å². The maximum absolute atomic E-state index is 14.0. The number of carbonyl (C=O) groups is 4. The summed E-state index contributed by atoms with van der Waals surface area (Å²) in [4.78, 5) is 65.1. The van der Waals surface area contributed by atoms with Crippen LogP contribution in [0.25, 0.3) is 19.8 Å². The van der Waals surface area contributed by atoms with E-state index >= 15 is 0 Å². The highest BCUT2D eigenvalue weighted by atomic mass is 32.1. The third kappa shape index (κ3) is 13.8. The number of nitrogens with zero attached hydrogens (tertiary/aromatic N) is 4. The highest BCUT2D eigenvalue weighted by Gasteiger charge is 2.29. The number of aromatic nitrogens is 2. The summed E-state index contributed by atoms with van der Waals surface area (Å²) in [7, 11) is 2.50. The second kappa shape index (κ2) is 24.3. The molecule has 0 radical (unpaired) electrons. The Morgan fingerprint density at radius 2 is 0.958 bits per heavy atom. The predicted molar refractivity (Wildman–Crippen MR) is 277 cm³/mol. The lowest BCUT2D eigenvalue weighted by Gasteiger charge is -2.23. The van der Waals surface area contributed by atoms with Crippen molar-refractivity contribution >= 4 is 80.7 Å². The minimum atomic E-state index is -0.931. The van der Waals surface area contributed by atoms with Crippen molar-refractivity contribution in [1.82, 2.24) is 31.2 Å². The van der Waals surface area contributed by atoms with Gasteiger partial charge in [0, 0.05) is 40.8 Å². The van der Waals surface area contributed by atoms with Crippen molar-refractivity contribution in [2.45, 2.75) is 49.9 Å². The quantitative estimate of drug-likeness (QED) is 0.0326. The molecule has 4 amide bonds. The number of rotatable bonds is 20. The van der Waals surface area contributed by atoms with Gasteiger partial charge in [-0.15, -0.1) is 45.3 Å². The smallest absolute Gasteiger partial charge is 0.407 e. The highest BCUT2D eigenvalue weighted by molar-refractivity contribution is 7.20. The standard InChI is InChI=1S/C52H48N8O7S4/c1-66-51(63)57-41(29-33-11-5-3-6-12-33)47(61)53-39(43-31-70-49(55-43)45-15-9-25-68-45)27-35-17-21-37(22-18-35)59-60(65)38-23-19-36(20-24-38)28-40(44-32-71-50(56-44)46-16-10-26-69-46)54-48(62)42(58-52(64)67-2)30-34-13-7-4-8-14-34/h3-26,31-32,39-42H,27-30H2,1-2H3,(H,53,61)(H,54,62)(H,57,63)(H,58,64)/t39-,40-,41-,42-/m0/s1. The lowest BCUT2D eigenvalue weighted by Crippen LogP contribution is -2.49. The Morgan fingerprint density at radius 3 is 1.37 bits per heavy atom. The van der Waals surface area contributed by atoms with Crippen LogP contribution < -0.4 is 21.3 Å². The summed E-state index contributed by atoms with van der Waals surface area (Å²) in [6, 6.07) is 37.8. The number of thiazole rings is 2. The Balaban J connectivity index is 0.973. The first kappa shape index (κ1) is 49.8. The number of hydrogen-bond donors (Lipinski definition) is 4. The van der Waals surface area contributed by atoms with Crippen LogP contribution in [-0.4, -0.2) is 65.1 Å². The summed E-state index contributed by atoms with van der Waals surface area (Å²) in [5.74, 6) is -0.809. The lowest BCUT2D eigenvalue weighted by molar-refractivity contribution is -0.435. The van der Waals surface area contributed by atoms with Crippen LogP contribution in [0.15, 0.2) is 160 Å². The number of alkyl carbamates (subject to hydrolysis) is 2. The average Bonchev–Trinajstić information content (AvgIpc) is 4.26. The molecule has 0 aliphatic rings. The Morgan fingerprint density at radius 1 is 0.535 bits per heavy atom. The van der Waals surface area contributed by atoms with Gasteiger partial charge in [0.2, 0.25) is 17.5 Å². The SMILES string of the molecule is COC(=O)N[C@@H](Cc1ccccc1)C(=O)N[C@@H](Cc1ccc(N=[N+]([O-])c2ccc(C[C@H](NC(=O)[C@H](Cc3ccccc3)NC(=O)OC)c3csc(-c4cccs4)n3)cc2)cc1)c1csc(-c2cccs2)n1. The van der Waals surface area contributed by atoms with Crippen molar-refractivity contribution in [1.29, 1.82) is 0 Å². The van der Waals surface area contributed by atoms with Crippen LogP contribution in [0.3, 0.4) is 0 Å². The maximum atomic E-state index is 14.0. The van der Waals surface area contributed by atoms with Crippen molar-refractivity contribution < 1.29 is 33.5 Å². The van der Waals surface area contributed by atoms with Crippen molar-refractivity contribution in [3.05, 3.63) is 194 Å². The predicted octanol–water partition coefficient (Wildman–Crippen LogP) is 10.7. The first-order valence-corrected chi connectivity index (χ1v) is 25.9. The number of ether oxygens (including phenoxy) is 2. The van der Waals surface area contributed by atoms with Gasteiger partial charge >= 0.3 is 12.2 Å². The largest absolute Gasteiger partial charge is 0.594 e. The second-order valence-electron chi connectivity index (χ2n) is 16.1. The number of hydrogen-bond acceptors (Lipinski definition) is 14. The average molecular weight is 1030 g/mol. The van der Waals surface area contributed by atoms with Gasteiger partial charge in [0.15, 0.2) is 0 Å². The molecule has 0 fully saturated rings. The fourth-order valence-corrected chi connectivity index (χ4v) is 10.9. The summed E-state index contributed by atoms with van der Waals surface area (Å²) >= 11 is 6.11. The van der Waals surface area contributed by atoms with Crippen LogP contribution in [0.5, 0.6) is 0 Å². The highest BCUT2D eigenvalue weighted by Crippen LogP contribution is 2.33. The molecule has 8 rings (SSSR count). The summed E-state index contributed by atoms with van der Waals surface area (Å²) < 4.78 is 9.70. The normalized spacial score (nSPS) is 13.0. The van der Waals surface area contributed by atoms with Gasteiger partial charge in [0.05, 0.1) is 47.4 Å². The molecule has 4 N–H and O–H groups in total. The zero-order valence-corrected chi connectivity index (χ0v) is 41.7. The minimum Gasteiger partial charge on any atom is -0.594 e. The van der Waals surface area contributed by atoms with Gasteiger partial charge in [-0.1, -0.05) is 102 Å². The fraction of sp³-hybridized carbons (Fsp3) is 0.192. The molecule has 4 aromatic carbocycles. The van der Waals surface area contributed by atoms with E-state index in [4.69, 9.17) is 19.4 Å². The van der Waals surface area contributed by atoms with E-state index in [0.717, 1.165) is 42.0 Å². The van der Waals surface area contributed by atoms with E-state index in [1.54, 1.807) is 59.1 Å². The van der Waals surface area contributed by atoms with Gasteiger partial charge < -0.3 is 35.9 Å². The van der Waals surface area contributed by atoms with Gasteiger partial charge in [-0.25, -0.2) is 19.6 Å². The molecule has 4 aromatic heterocycles. The van der Waals surface area contributed by atoms with Crippen LogP contribution in [0.1, 0.15) is 45.7 Å². The molecule has 0 saturated carbocycles.